The monoisotopic (exact) mass is 395 g/mol. The molecule has 0 heterocycles. The molecule has 0 radical (unpaired) electrons. The zero-order valence-corrected chi connectivity index (χ0v) is 15.5. The number of ketones is 1. The Kier molecular flexibility index (Phi) is 6.51. The molecule has 0 fully saturated rings. The highest BCUT2D eigenvalue weighted by Crippen LogP contribution is 2.14. The molecule has 0 amide bonds. The maximum Gasteiger partial charge on any atom is 0.344 e. The van der Waals surface area contributed by atoms with E-state index in [1.54, 1.807) is 0 Å². The number of ether oxygens (including phenoxy) is 2. The van der Waals surface area contributed by atoms with Crippen molar-refractivity contribution in [1.82, 2.24) is 0 Å². The van der Waals surface area contributed by atoms with E-state index >= 15 is 0 Å². The molecule has 0 aliphatic carbocycles. The number of hydrogen-bond acceptors (Lipinski definition) is 6. The summed E-state index contributed by atoms with van der Waals surface area (Å²) in [5.74, 6) is -1.34. The molecule has 1 N–H and O–H groups in total. The molecule has 0 aliphatic rings. The molecule has 1 atom stereocenters. The molecular weight excluding hydrogens is 377 g/mol. The van der Waals surface area contributed by atoms with E-state index in [0.29, 0.717) is 11.4 Å². The van der Waals surface area contributed by atoms with E-state index < -0.39 is 40.3 Å². The number of Topliss-reactive ketones (excluding diaryl/α,β-unsaturated/α-hetero) is 1. The van der Waals surface area contributed by atoms with Crippen LogP contribution in [0.1, 0.15) is 17.3 Å². The minimum absolute atomic E-state index is 0.258. The van der Waals surface area contributed by atoms with Crippen LogP contribution in [0, 0.1) is 5.82 Å². The van der Waals surface area contributed by atoms with Gasteiger partial charge in [-0.25, -0.2) is 17.6 Å². The smallest absolute Gasteiger partial charge is 0.344 e. The molecule has 9 heteroatoms. The van der Waals surface area contributed by atoms with Crippen molar-refractivity contribution >= 4 is 27.5 Å². The van der Waals surface area contributed by atoms with Crippen molar-refractivity contribution in [2.24, 2.45) is 0 Å². The van der Waals surface area contributed by atoms with Gasteiger partial charge in [0, 0.05) is 11.3 Å². The van der Waals surface area contributed by atoms with Crippen LogP contribution in [0.3, 0.4) is 0 Å². The molecule has 0 unspecified atom stereocenters. The Bertz CT molecular complexity index is 910. The van der Waals surface area contributed by atoms with Gasteiger partial charge in [-0.1, -0.05) is 0 Å². The molecule has 0 spiro atoms. The van der Waals surface area contributed by atoms with Crippen LogP contribution in [0.25, 0.3) is 0 Å². The summed E-state index contributed by atoms with van der Waals surface area (Å²) in [6.45, 7) is 0.987. The molecule has 0 saturated heterocycles. The second-order valence-corrected chi connectivity index (χ2v) is 7.44. The van der Waals surface area contributed by atoms with Gasteiger partial charge in [0.2, 0.25) is 15.8 Å². The zero-order chi connectivity index (χ0) is 20.0. The molecule has 2 aromatic carbocycles. The second kappa shape index (κ2) is 8.63. The summed E-state index contributed by atoms with van der Waals surface area (Å²) in [5, 5.41) is 0. The van der Waals surface area contributed by atoms with Gasteiger partial charge < -0.3 is 9.47 Å². The third-order valence-corrected chi connectivity index (χ3v) is 3.93. The summed E-state index contributed by atoms with van der Waals surface area (Å²) in [6.07, 6.45) is -0.0373. The molecule has 144 valence electrons. The first-order valence-corrected chi connectivity index (χ1v) is 9.73. The summed E-state index contributed by atoms with van der Waals surface area (Å²) < 4.78 is 47.6. The van der Waals surface area contributed by atoms with E-state index in [1.807, 2.05) is 0 Å². The van der Waals surface area contributed by atoms with Crippen molar-refractivity contribution in [2.45, 2.75) is 13.0 Å². The highest BCUT2D eigenvalue weighted by molar-refractivity contribution is 7.92. The topological polar surface area (TPSA) is 98.8 Å². The van der Waals surface area contributed by atoms with E-state index in [4.69, 9.17) is 9.47 Å². The Labute approximate surface area is 156 Å². The number of carbonyl (C=O) groups excluding carboxylic acids is 2. The van der Waals surface area contributed by atoms with Crippen LogP contribution >= 0.6 is 0 Å². The first-order chi connectivity index (χ1) is 12.6. The van der Waals surface area contributed by atoms with Gasteiger partial charge in [0.05, 0.1) is 6.26 Å². The lowest BCUT2D eigenvalue weighted by atomic mass is 10.1. The van der Waals surface area contributed by atoms with Gasteiger partial charge in [-0.05, 0) is 55.5 Å². The number of sulfonamides is 1. The zero-order valence-electron chi connectivity index (χ0n) is 14.6. The minimum atomic E-state index is -3.41. The minimum Gasteiger partial charge on any atom is -0.482 e. The van der Waals surface area contributed by atoms with Crippen LogP contribution < -0.4 is 9.46 Å². The average molecular weight is 395 g/mol. The Morgan fingerprint density at radius 2 is 1.67 bits per heavy atom. The maximum atomic E-state index is 12.8. The summed E-state index contributed by atoms with van der Waals surface area (Å²) in [5.41, 5.74) is 0.570. The molecular formula is C18H18FNO6S. The van der Waals surface area contributed by atoms with Crippen molar-refractivity contribution in [3.05, 3.63) is 59.9 Å². The Morgan fingerprint density at radius 3 is 2.22 bits per heavy atom. The van der Waals surface area contributed by atoms with Crippen molar-refractivity contribution in [1.29, 1.82) is 0 Å². The van der Waals surface area contributed by atoms with E-state index in [-0.39, 0.29) is 5.56 Å². The number of rotatable bonds is 8. The normalized spacial score (nSPS) is 12.1. The van der Waals surface area contributed by atoms with Crippen LogP contribution in [0.15, 0.2) is 48.5 Å². The number of hydrogen-bond donors (Lipinski definition) is 1. The van der Waals surface area contributed by atoms with Gasteiger partial charge in [-0.3, -0.25) is 9.52 Å². The first-order valence-electron chi connectivity index (χ1n) is 7.84. The number of carbonyl (C=O) groups is 2. The third-order valence-electron chi connectivity index (χ3n) is 3.32. The lowest BCUT2D eigenvalue weighted by molar-refractivity contribution is -0.148. The molecule has 27 heavy (non-hydrogen) atoms. The van der Waals surface area contributed by atoms with Gasteiger partial charge in [-0.2, -0.15) is 0 Å². The van der Waals surface area contributed by atoms with Crippen molar-refractivity contribution in [3.8, 4) is 5.75 Å². The van der Waals surface area contributed by atoms with E-state index in [1.165, 1.54) is 55.5 Å². The Hall–Kier alpha value is -2.94. The summed E-state index contributed by atoms with van der Waals surface area (Å²) in [7, 11) is -3.41. The van der Waals surface area contributed by atoms with Gasteiger partial charge in [0.25, 0.3) is 0 Å². The highest BCUT2D eigenvalue weighted by Gasteiger charge is 2.20. The van der Waals surface area contributed by atoms with Gasteiger partial charge in [-0.15, -0.1) is 0 Å². The summed E-state index contributed by atoms with van der Waals surface area (Å²) >= 11 is 0. The van der Waals surface area contributed by atoms with Crippen LogP contribution in [0.2, 0.25) is 0 Å². The fourth-order valence-corrected chi connectivity index (χ4v) is 2.67. The predicted molar refractivity (Wildman–Crippen MR) is 96.7 cm³/mol. The quantitative estimate of drug-likeness (QED) is 0.544. The molecule has 0 bridgehead atoms. The fraction of sp³-hybridized carbons (Fsp3) is 0.222. The Balaban J connectivity index is 1.88. The van der Waals surface area contributed by atoms with Gasteiger partial charge >= 0.3 is 5.97 Å². The molecule has 2 rings (SSSR count). The van der Waals surface area contributed by atoms with E-state index in [2.05, 4.69) is 4.72 Å². The third kappa shape index (κ3) is 6.70. The molecule has 7 nitrogen and oxygen atoms in total. The number of nitrogens with one attached hydrogen (secondary N) is 1. The molecule has 2 aromatic rings. The SMILES string of the molecule is C[C@@H](OC(=O)COc1ccc(F)cc1)C(=O)c1ccc(NS(C)(=O)=O)cc1. The number of esters is 1. The summed E-state index contributed by atoms with van der Waals surface area (Å²) in [4.78, 5) is 24.1. The van der Waals surface area contributed by atoms with Crippen LogP contribution in [-0.2, 0) is 19.6 Å². The van der Waals surface area contributed by atoms with E-state index in [0.717, 1.165) is 6.26 Å². The molecule has 0 aromatic heterocycles. The number of anilines is 1. The fourth-order valence-electron chi connectivity index (χ4n) is 2.11. The lowest BCUT2D eigenvalue weighted by Gasteiger charge is -2.13. The number of benzene rings is 2. The Morgan fingerprint density at radius 1 is 1.07 bits per heavy atom. The van der Waals surface area contributed by atoms with Crippen LogP contribution in [0.4, 0.5) is 10.1 Å². The first kappa shape index (κ1) is 20.4. The van der Waals surface area contributed by atoms with E-state index in [9.17, 15) is 22.4 Å². The molecule has 0 saturated carbocycles. The van der Waals surface area contributed by atoms with Crippen molar-refractivity contribution in [2.75, 3.05) is 17.6 Å². The second-order valence-electron chi connectivity index (χ2n) is 5.69. The standard InChI is InChI=1S/C18H18FNO6S/c1-12(26-17(21)11-25-16-9-5-14(19)6-10-16)18(22)13-3-7-15(8-4-13)20-27(2,23)24/h3-10,12,20H,11H2,1-2H3/t12-/m1/s1. The lowest BCUT2D eigenvalue weighted by Crippen LogP contribution is -2.27. The van der Waals surface area contributed by atoms with Crippen molar-refractivity contribution in [3.63, 3.8) is 0 Å². The van der Waals surface area contributed by atoms with Crippen LogP contribution in [-0.4, -0.2) is 39.1 Å². The highest BCUT2D eigenvalue weighted by atomic mass is 32.2. The van der Waals surface area contributed by atoms with Gasteiger partial charge in [0.15, 0.2) is 12.7 Å². The average Bonchev–Trinajstić information content (AvgIpc) is 2.60. The number of halogens is 1. The maximum absolute atomic E-state index is 12.8. The summed E-state index contributed by atoms with van der Waals surface area (Å²) in [6, 6.07) is 10.8. The predicted octanol–water partition coefficient (Wildman–Crippen LogP) is 2.39. The van der Waals surface area contributed by atoms with Gasteiger partial charge in [0.1, 0.15) is 11.6 Å². The molecule has 0 aliphatic heterocycles. The van der Waals surface area contributed by atoms with Crippen molar-refractivity contribution < 1.29 is 31.9 Å². The van der Waals surface area contributed by atoms with Crippen LogP contribution in [0.5, 0.6) is 5.75 Å². The largest absolute Gasteiger partial charge is 0.482 e.